The third-order valence-corrected chi connectivity index (χ3v) is 1.63. The van der Waals surface area contributed by atoms with Gasteiger partial charge in [0.15, 0.2) is 0 Å². The zero-order valence-corrected chi connectivity index (χ0v) is 9.26. The molecule has 2 N–H and O–H groups in total. The number of hydrogen-bond donors (Lipinski definition) is 2. The molecule has 0 aromatic carbocycles. The first-order valence-electron chi connectivity index (χ1n) is 4.98. The van der Waals surface area contributed by atoms with Crippen LogP contribution in [0.1, 0.15) is 26.5 Å². The Morgan fingerprint density at radius 2 is 2.07 bits per heavy atom. The van der Waals surface area contributed by atoms with Crippen LogP contribution in [0.5, 0.6) is 0 Å². The molecular formula is C10H18N4. The van der Waals surface area contributed by atoms with E-state index in [-0.39, 0.29) is 0 Å². The van der Waals surface area contributed by atoms with Crippen molar-refractivity contribution in [1.29, 1.82) is 0 Å². The Bertz CT molecular complexity index is 296. The molecule has 0 aliphatic heterocycles. The third-order valence-electron chi connectivity index (χ3n) is 1.63. The van der Waals surface area contributed by atoms with Gasteiger partial charge in [-0.25, -0.2) is 4.98 Å². The monoisotopic (exact) mass is 194 g/mol. The fourth-order valence-electron chi connectivity index (χ4n) is 1.18. The molecule has 4 heteroatoms. The average molecular weight is 194 g/mol. The first-order valence-corrected chi connectivity index (χ1v) is 4.98. The number of rotatable bonds is 4. The van der Waals surface area contributed by atoms with Crippen molar-refractivity contribution in [3.63, 3.8) is 0 Å². The molecular weight excluding hydrogens is 176 g/mol. The summed E-state index contributed by atoms with van der Waals surface area (Å²) in [5.41, 5.74) is 0.971. The van der Waals surface area contributed by atoms with Crippen molar-refractivity contribution in [1.82, 2.24) is 9.97 Å². The van der Waals surface area contributed by atoms with Crippen LogP contribution in [0, 0.1) is 6.92 Å². The number of nitrogens with zero attached hydrogens (tertiary/aromatic N) is 2. The van der Waals surface area contributed by atoms with Gasteiger partial charge in [-0.05, 0) is 27.7 Å². The molecule has 1 aromatic rings. The predicted molar refractivity (Wildman–Crippen MR) is 59.7 cm³/mol. The van der Waals surface area contributed by atoms with E-state index in [1.54, 1.807) is 0 Å². The minimum Gasteiger partial charge on any atom is -0.368 e. The lowest BCUT2D eigenvalue weighted by Crippen LogP contribution is -2.13. The highest BCUT2D eigenvalue weighted by atomic mass is 15.1. The number of hydrogen-bond acceptors (Lipinski definition) is 4. The lowest BCUT2D eigenvalue weighted by molar-refractivity contribution is 0.884. The summed E-state index contributed by atoms with van der Waals surface area (Å²) in [6.45, 7) is 9.01. The Labute approximate surface area is 85.2 Å². The Hall–Kier alpha value is -1.32. The molecule has 0 saturated heterocycles. The van der Waals surface area contributed by atoms with E-state index in [1.165, 1.54) is 0 Å². The van der Waals surface area contributed by atoms with Crippen molar-refractivity contribution in [3.8, 4) is 0 Å². The van der Waals surface area contributed by atoms with Crippen LogP contribution in [0.4, 0.5) is 11.8 Å². The van der Waals surface area contributed by atoms with Gasteiger partial charge in [-0.2, -0.15) is 4.98 Å². The van der Waals surface area contributed by atoms with E-state index in [0.29, 0.717) is 12.0 Å². The van der Waals surface area contributed by atoms with E-state index in [0.717, 1.165) is 18.1 Å². The minimum absolute atomic E-state index is 0.388. The summed E-state index contributed by atoms with van der Waals surface area (Å²) in [4.78, 5) is 8.60. The summed E-state index contributed by atoms with van der Waals surface area (Å²) in [5.74, 6) is 1.57. The average Bonchev–Trinajstić information content (AvgIpc) is 2.01. The molecule has 0 unspecified atom stereocenters. The number of aryl methyl sites for hydroxylation is 1. The molecule has 0 radical (unpaired) electrons. The maximum atomic E-state index is 4.33. The van der Waals surface area contributed by atoms with E-state index in [9.17, 15) is 0 Å². The Balaban J connectivity index is 2.83. The fraction of sp³-hybridized carbons (Fsp3) is 0.600. The molecule has 0 amide bonds. The first kappa shape index (κ1) is 10.8. The summed E-state index contributed by atoms with van der Waals surface area (Å²) in [6.07, 6.45) is 0. The van der Waals surface area contributed by atoms with E-state index in [2.05, 4.69) is 34.4 Å². The van der Waals surface area contributed by atoms with Crippen molar-refractivity contribution in [3.05, 3.63) is 11.8 Å². The quantitative estimate of drug-likeness (QED) is 0.770. The molecule has 0 aliphatic carbocycles. The number of aromatic nitrogens is 2. The Morgan fingerprint density at radius 1 is 1.36 bits per heavy atom. The Morgan fingerprint density at radius 3 is 2.64 bits per heavy atom. The second kappa shape index (κ2) is 4.79. The zero-order valence-electron chi connectivity index (χ0n) is 9.26. The maximum Gasteiger partial charge on any atom is 0.224 e. The van der Waals surface area contributed by atoms with Crippen molar-refractivity contribution in [2.45, 2.75) is 33.7 Å². The molecule has 0 bridgehead atoms. The van der Waals surface area contributed by atoms with Gasteiger partial charge in [0.25, 0.3) is 0 Å². The molecule has 0 spiro atoms. The van der Waals surface area contributed by atoms with Crippen molar-refractivity contribution >= 4 is 11.8 Å². The molecule has 0 saturated carbocycles. The molecule has 0 fully saturated rings. The maximum absolute atomic E-state index is 4.33. The highest BCUT2D eigenvalue weighted by molar-refractivity contribution is 5.42. The van der Waals surface area contributed by atoms with Crippen LogP contribution in [0.15, 0.2) is 6.07 Å². The normalized spacial score (nSPS) is 10.4. The van der Waals surface area contributed by atoms with Gasteiger partial charge < -0.3 is 10.6 Å². The number of nitrogens with one attached hydrogen (secondary N) is 2. The van der Waals surface area contributed by atoms with Crippen LogP contribution in [0.3, 0.4) is 0 Å². The zero-order chi connectivity index (χ0) is 10.6. The highest BCUT2D eigenvalue weighted by Gasteiger charge is 2.01. The van der Waals surface area contributed by atoms with Crippen LogP contribution in [0.25, 0.3) is 0 Å². The van der Waals surface area contributed by atoms with E-state index < -0.39 is 0 Å². The van der Waals surface area contributed by atoms with Crippen LogP contribution in [0.2, 0.25) is 0 Å². The lowest BCUT2D eigenvalue weighted by atomic mass is 10.3. The summed E-state index contributed by atoms with van der Waals surface area (Å²) in [6, 6.07) is 2.33. The van der Waals surface area contributed by atoms with Gasteiger partial charge in [0.2, 0.25) is 5.95 Å². The second-order valence-electron chi connectivity index (χ2n) is 3.55. The highest BCUT2D eigenvalue weighted by Crippen LogP contribution is 2.10. The van der Waals surface area contributed by atoms with Gasteiger partial charge >= 0.3 is 0 Å². The van der Waals surface area contributed by atoms with Gasteiger partial charge in [-0.3, -0.25) is 0 Å². The van der Waals surface area contributed by atoms with E-state index in [1.807, 2.05) is 19.9 Å². The number of anilines is 2. The van der Waals surface area contributed by atoms with Crippen LogP contribution in [-0.2, 0) is 0 Å². The predicted octanol–water partition coefficient (Wildman–Crippen LogP) is 2.04. The van der Waals surface area contributed by atoms with Crippen LogP contribution < -0.4 is 10.6 Å². The second-order valence-corrected chi connectivity index (χ2v) is 3.55. The minimum atomic E-state index is 0.388. The smallest absolute Gasteiger partial charge is 0.224 e. The molecule has 78 valence electrons. The Kier molecular flexibility index (Phi) is 3.68. The topological polar surface area (TPSA) is 49.8 Å². The SMILES string of the molecule is CCNc1nc(C)cc(NC(C)C)n1. The van der Waals surface area contributed by atoms with Gasteiger partial charge in [0.1, 0.15) is 5.82 Å². The summed E-state index contributed by atoms with van der Waals surface area (Å²) in [5, 5.41) is 6.35. The van der Waals surface area contributed by atoms with E-state index >= 15 is 0 Å². The first-order chi connectivity index (χ1) is 6.61. The van der Waals surface area contributed by atoms with Crippen LogP contribution >= 0.6 is 0 Å². The van der Waals surface area contributed by atoms with Gasteiger partial charge in [0.05, 0.1) is 0 Å². The molecule has 1 aromatic heterocycles. The fourth-order valence-corrected chi connectivity index (χ4v) is 1.18. The van der Waals surface area contributed by atoms with Crippen LogP contribution in [-0.4, -0.2) is 22.6 Å². The van der Waals surface area contributed by atoms with Crippen molar-refractivity contribution in [2.24, 2.45) is 0 Å². The molecule has 1 rings (SSSR count). The van der Waals surface area contributed by atoms with Gasteiger partial charge in [-0.15, -0.1) is 0 Å². The molecule has 4 nitrogen and oxygen atoms in total. The summed E-state index contributed by atoms with van der Waals surface area (Å²) < 4.78 is 0. The largest absolute Gasteiger partial charge is 0.368 e. The van der Waals surface area contributed by atoms with Gasteiger partial charge in [0, 0.05) is 24.3 Å². The summed E-state index contributed by atoms with van der Waals surface area (Å²) in [7, 11) is 0. The van der Waals surface area contributed by atoms with E-state index in [4.69, 9.17) is 0 Å². The van der Waals surface area contributed by atoms with Crippen molar-refractivity contribution < 1.29 is 0 Å². The lowest BCUT2D eigenvalue weighted by Gasteiger charge is -2.11. The molecule has 0 atom stereocenters. The van der Waals surface area contributed by atoms with Crippen molar-refractivity contribution in [2.75, 3.05) is 17.2 Å². The third kappa shape index (κ3) is 3.20. The molecule has 0 aliphatic rings. The molecule has 14 heavy (non-hydrogen) atoms. The molecule has 1 heterocycles. The standard InChI is InChI=1S/C10H18N4/c1-5-11-10-13-8(4)6-9(14-10)12-7(2)3/h6-7H,5H2,1-4H3,(H2,11,12,13,14). The van der Waals surface area contributed by atoms with Gasteiger partial charge in [-0.1, -0.05) is 0 Å². The summed E-state index contributed by atoms with van der Waals surface area (Å²) >= 11 is 0.